The molecule has 22 heavy (non-hydrogen) atoms. The van der Waals surface area contributed by atoms with Crippen LogP contribution in [0.2, 0.25) is 0 Å². The van der Waals surface area contributed by atoms with Gasteiger partial charge in [0.1, 0.15) is 0 Å². The average Bonchev–Trinajstić information content (AvgIpc) is 2.52. The normalized spacial score (nSPS) is 15.1. The highest BCUT2D eigenvalue weighted by atomic mass is 15.2. The highest BCUT2D eigenvalue weighted by Crippen LogP contribution is 2.27. The van der Waals surface area contributed by atoms with Crippen molar-refractivity contribution in [1.82, 2.24) is 9.80 Å². The molecule has 0 bridgehead atoms. The molecule has 0 aromatic heterocycles. The van der Waals surface area contributed by atoms with E-state index < -0.39 is 0 Å². The molecule has 1 rings (SSSR count). The topological polar surface area (TPSA) is 6.48 Å². The minimum absolute atomic E-state index is 1.24. The van der Waals surface area contributed by atoms with E-state index in [2.05, 4.69) is 50.1 Å². The number of unbranched alkanes of at least 4 members (excludes halogenated alkanes) is 8. The molecule has 0 aliphatic carbocycles. The molecule has 128 valence electrons. The first kappa shape index (κ1) is 19.1. The van der Waals surface area contributed by atoms with E-state index in [1.807, 2.05) is 0 Å². The first-order valence-electron chi connectivity index (χ1n) is 9.56. The van der Waals surface area contributed by atoms with Crippen molar-refractivity contribution in [3.63, 3.8) is 0 Å². The lowest BCUT2D eigenvalue weighted by atomic mass is 10.0. The highest BCUT2D eigenvalue weighted by Gasteiger charge is 2.16. The minimum atomic E-state index is 1.24. The number of nitrogens with zero attached hydrogens (tertiary/aromatic N) is 2. The Balaban J connectivity index is 2.48. The fourth-order valence-electron chi connectivity index (χ4n) is 3.22. The van der Waals surface area contributed by atoms with Gasteiger partial charge in [0.2, 0.25) is 0 Å². The van der Waals surface area contributed by atoms with Crippen molar-refractivity contribution >= 4 is 0 Å². The molecule has 0 spiro atoms. The lowest BCUT2D eigenvalue weighted by Crippen LogP contribution is -2.25. The van der Waals surface area contributed by atoms with Crippen LogP contribution in [0.1, 0.15) is 90.9 Å². The van der Waals surface area contributed by atoms with E-state index in [1.165, 1.54) is 77.0 Å². The van der Waals surface area contributed by atoms with Crippen LogP contribution in [0.5, 0.6) is 0 Å². The second kappa shape index (κ2) is 11.6. The number of hydrogen-bond acceptors (Lipinski definition) is 2. The lowest BCUT2D eigenvalue weighted by molar-refractivity contribution is 0.403. The van der Waals surface area contributed by atoms with Gasteiger partial charge in [-0.05, 0) is 25.7 Å². The Labute approximate surface area is 139 Å². The van der Waals surface area contributed by atoms with Crippen LogP contribution in [0.4, 0.5) is 0 Å². The van der Waals surface area contributed by atoms with Crippen LogP contribution < -0.4 is 0 Å². The zero-order chi connectivity index (χ0) is 16.2. The number of allylic oxidation sites excluding steroid dienone is 2. The molecule has 0 amide bonds. The van der Waals surface area contributed by atoms with Crippen molar-refractivity contribution in [1.29, 1.82) is 0 Å². The van der Waals surface area contributed by atoms with Crippen LogP contribution >= 0.6 is 0 Å². The molecule has 0 N–H and O–H groups in total. The van der Waals surface area contributed by atoms with E-state index in [-0.39, 0.29) is 0 Å². The van der Waals surface area contributed by atoms with Gasteiger partial charge in [-0.3, -0.25) is 0 Å². The van der Waals surface area contributed by atoms with E-state index in [4.69, 9.17) is 0 Å². The van der Waals surface area contributed by atoms with Gasteiger partial charge < -0.3 is 9.80 Å². The van der Waals surface area contributed by atoms with Crippen molar-refractivity contribution in [2.24, 2.45) is 0 Å². The van der Waals surface area contributed by atoms with Crippen molar-refractivity contribution in [3.8, 4) is 0 Å². The molecule has 0 aromatic carbocycles. The van der Waals surface area contributed by atoms with Crippen LogP contribution in [0.15, 0.2) is 23.8 Å². The monoisotopic (exact) mass is 306 g/mol. The highest BCUT2D eigenvalue weighted by molar-refractivity contribution is 5.20. The Bertz CT molecular complexity index is 312. The summed E-state index contributed by atoms with van der Waals surface area (Å²) in [5, 5.41) is 0. The number of rotatable bonds is 12. The molecule has 1 aliphatic heterocycles. The quantitative estimate of drug-likeness (QED) is 0.392. The van der Waals surface area contributed by atoms with E-state index in [0.29, 0.717) is 0 Å². The maximum Gasteiger partial charge on any atom is 0.0368 e. The summed E-state index contributed by atoms with van der Waals surface area (Å²) in [6.07, 6.45) is 20.5. The Kier molecular flexibility index (Phi) is 10.1. The molecule has 2 nitrogen and oxygen atoms in total. The van der Waals surface area contributed by atoms with Crippen LogP contribution in [-0.4, -0.2) is 23.9 Å². The molecule has 0 radical (unpaired) electrons. The van der Waals surface area contributed by atoms with E-state index in [0.717, 1.165) is 0 Å². The molecular weight excluding hydrogens is 268 g/mol. The molecule has 0 fully saturated rings. The molecule has 0 unspecified atom stereocenters. The molecular formula is C20H38N2. The fraction of sp³-hybridized carbons (Fsp3) is 0.800. The van der Waals surface area contributed by atoms with Crippen LogP contribution in [-0.2, 0) is 0 Å². The summed E-state index contributed by atoms with van der Waals surface area (Å²) >= 11 is 0. The Hall–Kier alpha value is -0.920. The first-order chi connectivity index (χ1) is 10.7. The van der Waals surface area contributed by atoms with Gasteiger partial charge in [0.25, 0.3) is 0 Å². The van der Waals surface area contributed by atoms with Crippen molar-refractivity contribution in [3.05, 3.63) is 23.8 Å². The van der Waals surface area contributed by atoms with Gasteiger partial charge in [-0.2, -0.15) is 0 Å². The Morgan fingerprint density at radius 1 is 0.591 bits per heavy atom. The van der Waals surface area contributed by atoms with Gasteiger partial charge in [-0.15, -0.1) is 0 Å². The van der Waals surface area contributed by atoms with Crippen LogP contribution in [0.3, 0.4) is 0 Å². The van der Waals surface area contributed by atoms with Crippen LogP contribution in [0, 0.1) is 0 Å². The van der Waals surface area contributed by atoms with Gasteiger partial charge in [-0.25, -0.2) is 0 Å². The van der Waals surface area contributed by atoms with Crippen molar-refractivity contribution in [2.45, 2.75) is 90.9 Å². The van der Waals surface area contributed by atoms with Gasteiger partial charge in [0.15, 0.2) is 0 Å². The van der Waals surface area contributed by atoms with Gasteiger partial charge in [-0.1, -0.05) is 65.2 Å². The summed E-state index contributed by atoms with van der Waals surface area (Å²) in [7, 11) is 4.42. The van der Waals surface area contributed by atoms with Gasteiger partial charge in [0, 0.05) is 37.9 Å². The summed E-state index contributed by atoms with van der Waals surface area (Å²) in [6, 6.07) is 0. The maximum atomic E-state index is 2.35. The summed E-state index contributed by atoms with van der Waals surface area (Å²) < 4.78 is 0. The summed E-state index contributed by atoms with van der Waals surface area (Å²) in [5.41, 5.74) is 3.11. The largest absolute Gasteiger partial charge is 0.351 e. The standard InChI is InChI=1S/C20H38N2/c1-5-7-9-11-13-15-19-20(16-14-12-10-8-6-2)22(4)18-17-21(19)3/h17-18H,5-16H2,1-4H3. The first-order valence-corrected chi connectivity index (χ1v) is 9.56. The molecule has 0 saturated heterocycles. The Morgan fingerprint density at radius 2 is 0.955 bits per heavy atom. The van der Waals surface area contributed by atoms with E-state index >= 15 is 0 Å². The van der Waals surface area contributed by atoms with Gasteiger partial charge >= 0.3 is 0 Å². The third-order valence-corrected chi connectivity index (χ3v) is 4.73. The maximum absolute atomic E-state index is 2.35. The molecule has 1 heterocycles. The average molecular weight is 307 g/mol. The predicted octanol–water partition coefficient (Wildman–Crippen LogP) is 6.27. The zero-order valence-corrected chi connectivity index (χ0v) is 15.5. The molecule has 0 atom stereocenters. The third-order valence-electron chi connectivity index (χ3n) is 4.73. The zero-order valence-electron chi connectivity index (χ0n) is 15.5. The van der Waals surface area contributed by atoms with Crippen molar-refractivity contribution < 1.29 is 0 Å². The summed E-state index contributed by atoms with van der Waals surface area (Å²) in [6.45, 7) is 4.57. The van der Waals surface area contributed by atoms with Crippen molar-refractivity contribution in [2.75, 3.05) is 14.1 Å². The summed E-state index contributed by atoms with van der Waals surface area (Å²) in [5.74, 6) is 0. The number of hydrogen-bond donors (Lipinski definition) is 0. The Morgan fingerprint density at radius 3 is 1.32 bits per heavy atom. The molecule has 0 saturated carbocycles. The van der Waals surface area contributed by atoms with Crippen LogP contribution in [0.25, 0.3) is 0 Å². The van der Waals surface area contributed by atoms with E-state index in [1.54, 1.807) is 11.4 Å². The molecule has 1 aliphatic rings. The third kappa shape index (κ3) is 6.89. The molecule has 2 heteroatoms. The molecule has 0 aromatic rings. The van der Waals surface area contributed by atoms with E-state index in [9.17, 15) is 0 Å². The smallest absolute Gasteiger partial charge is 0.0368 e. The lowest BCUT2D eigenvalue weighted by Gasteiger charge is -2.32. The van der Waals surface area contributed by atoms with Gasteiger partial charge in [0.05, 0.1) is 0 Å². The predicted molar refractivity (Wildman–Crippen MR) is 98.4 cm³/mol. The second-order valence-electron chi connectivity index (χ2n) is 6.74. The summed E-state index contributed by atoms with van der Waals surface area (Å²) in [4.78, 5) is 4.70. The second-order valence-corrected chi connectivity index (χ2v) is 6.74. The fourth-order valence-corrected chi connectivity index (χ4v) is 3.22. The minimum Gasteiger partial charge on any atom is -0.351 e. The SMILES string of the molecule is CCCCCCCC1=C(CCCCCCC)N(C)C=CN1C.